The molecular formula is C28H33F3N6O4S. The van der Waals surface area contributed by atoms with Crippen LogP contribution < -0.4 is 5.32 Å². The fourth-order valence-corrected chi connectivity index (χ4v) is 6.64. The maximum Gasteiger partial charge on any atom is 0.338 e. The number of pyridine rings is 1. The molecule has 0 amide bonds. The summed E-state index contributed by atoms with van der Waals surface area (Å²) in [7, 11) is 0. The first-order valence-corrected chi connectivity index (χ1v) is 14.6. The predicted molar refractivity (Wildman–Crippen MR) is 149 cm³/mol. The van der Waals surface area contributed by atoms with Crippen LogP contribution in [0.25, 0.3) is 0 Å². The van der Waals surface area contributed by atoms with E-state index in [1.807, 2.05) is 0 Å². The molecule has 3 atom stereocenters. The minimum atomic E-state index is -3.11. The molecule has 0 radical (unpaired) electrons. The molecule has 2 aromatic heterocycles. The molecule has 14 heteroatoms. The second-order valence-electron chi connectivity index (χ2n) is 11.4. The average molecular weight is 607 g/mol. The number of aliphatic imine (C=N–C) groups is 1. The lowest BCUT2D eigenvalue weighted by Gasteiger charge is -2.33. The molecule has 0 aliphatic carbocycles. The number of hydrogen-bond donors (Lipinski definition) is 2. The Kier molecular flexibility index (Phi) is 8.16. The number of likely N-dealkylation sites (tertiary alicyclic amines) is 2. The maximum absolute atomic E-state index is 15.6. The number of hydrogen-bond acceptors (Lipinski definition) is 10. The first kappa shape index (κ1) is 30.1. The minimum Gasteiger partial charge on any atom is -0.481 e. The monoisotopic (exact) mass is 606 g/mol. The molecule has 5 heterocycles. The van der Waals surface area contributed by atoms with Gasteiger partial charge in [0.15, 0.2) is 10.8 Å². The highest BCUT2D eigenvalue weighted by Gasteiger charge is 2.60. The number of nitrogens with one attached hydrogen (secondary N) is 1. The zero-order valence-electron chi connectivity index (χ0n) is 23.7. The van der Waals surface area contributed by atoms with Crippen LogP contribution in [-0.4, -0.2) is 93.4 Å². The van der Waals surface area contributed by atoms with Crippen molar-refractivity contribution in [1.82, 2.24) is 25.1 Å². The number of aliphatic carboxylic acids is 1. The number of thiazole rings is 1. The number of aryl methyl sites for hydroxylation is 1. The lowest BCUT2D eigenvalue weighted by molar-refractivity contribution is -0.149. The highest BCUT2D eigenvalue weighted by atomic mass is 32.1. The van der Waals surface area contributed by atoms with E-state index < -0.39 is 53.9 Å². The summed E-state index contributed by atoms with van der Waals surface area (Å²) in [5.74, 6) is -5.17. The average Bonchev–Trinajstić information content (AvgIpc) is 3.63. The highest BCUT2D eigenvalue weighted by molar-refractivity contribution is 7.11. The number of fused-ring (bicyclic) bond motifs is 1. The number of esters is 1. The van der Waals surface area contributed by atoms with Crippen LogP contribution in [0.4, 0.5) is 13.2 Å². The lowest BCUT2D eigenvalue weighted by Crippen LogP contribution is -2.49. The molecule has 0 spiro atoms. The number of rotatable bonds is 9. The summed E-state index contributed by atoms with van der Waals surface area (Å²) in [6.45, 7) is 6.10. The van der Waals surface area contributed by atoms with Gasteiger partial charge >= 0.3 is 11.9 Å². The zero-order valence-corrected chi connectivity index (χ0v) is 24.6. The number of ether oxygens (including phenoxy) is 1. The molecule has 0 unspecified atom stereocenters. The van der Waals surface area contributed by atoms with Crippen molar-refractivity contribution in [2.24, 2.45) is 10.4 Å². The molecule has 42 heavy (non-hydrogen) atoms. The van der Waals surface area contributed by atoms with E-state index in [-0.39, 0.29) is 25.3 Å². The van der Waals surface area contributed by atoms with Gasteiger partial charge in [-0.25, -0.2) is 23.5 Å². The van der Waals surface area contributed by atoms with Gasteiger partial charge in [-0.3, -0.25) is 19.6 Å². The SMILES string of the molecule is CCOC(=O)C1=C(CN2CC(F)(F)[C@H]3[C@@H]2CCN3CC(C)(C)C(=O)O)NC(c2nccs2)=N[C@@H]1c1ccc(F)nc1C. The third-order valence-electron chi connectivity index (χ3n) is 7.97. The second kappa shape index (κ2) is 11.4. The molecule has 10 nitrogen and oxygen atoms in total. The highest BCUT2D eigenvalue weighted by Crippen LogP contribution is 2.43. The summed E-state index contributed by atoms with van der Waals surface area (Å²) in [4.78, 5) is 41.4. The van der Waals surface area contributed by atoms with E-state index in [1.165, 1.54) is 37.3 Å². The van der Waals surface area contributed by atoms with E-state index in [0.717, 1.165) is 0 Å². The number of carboxylic acids is 1. The third-order valence-corrected chi connectivity index (χ3v) is 8.75. The van der Waals surface area contributed by atoms with E-state index in [2.05, 4.69) is 15.3 Å². The van der Waals surface area contributed by atoms with Crippen LogP contribution in [0.5, 0.6) is 0 Å². The van der Waals surface area contributed by atoms with Crippen LogP contribution in [0.1, 0.15) is 49.5 Å². The second-order valence-corrected chi connectivity index (χ2v) is 12.3. The fourth-order valence-electron chi connectivity index (χ4n) is 6.05. The van der Waals surface area contributed by atoms with Crippen LogP contribution in [-0.2, 0) is 14.3 Å². The number of carbonyl (C=O) groups is 2. The van der Waals surface area contributed by atoms with Crippen molar-refractivity contribution in [3.63, 3.8) is 0 Å². The Morgan fingerprint density at radius 2 is 2.05 bits per heavy atom. The predicted octanol–water partition coefficient (Wildman–Crippen LogP) is 3.40. The Morgan fingerprint density at radius 3 is 2.69 bits per heavy atom. The van der Waals surface area contributed by atoms with Gasteiger partial charge < -0.3 is 15.2 Å². The number of carboxylic acid groups (broad SMARTS) is 1. The van der Waals surface area contributed by atoms with Crippen molar-refractivity contribution in [3.8, 4) is 0 Å². The van der Waals surface area contributed by atoms with Crippen LogP contribution in [0.15, 0.2) is 40.0 Å². The van der Waals surface area contributed by atoms with Crippen molar-refractivity contribution in [2.45, 2.75) is 58.2 Å². The van der Waals surface area contributed by atoms with Gasteiger partial charge in [-0.1, -0.05) is 6.07 Å². The Morgan fingerprint density at radius 1 is 1.29 bits per heavy atom. The molecule has 226 valence electrons. The summed E-state index contributed by atoms with van der Waals surface area (Å²) in [5.41, 5.74) is 0.0621. The van der Waals surface area contributed by atoms with Crippen molar-refractivity contribution in [3.05, 3.63) is 57.2 Å². The molecule has 2 saturated heterocycles. The fraction of sp³-hybridized carbons (Fsp3) is 0.536. The number of alkyl halides is 2. The van der Waals surface area contributed by atoms with Gasteiger partial charge in [0.1, 0.15) is 6.04 Å². The van der Waals surface area contributed by atoms with E-state index >= 15 is 8.78 Å². The van der Waals surface area contributed by atoms with Gasteiger partial charge in [0.05, 0.1) is 30.2 Å². The summed E-state index contributed by atoms with van der Waals surface area (Å²) in [6.07, 6.45) is 2.02. The van der Waals surface area contributed by atoms with Gasteiger partial charge in [-0.05, 0) is 40.2 Å². The number of nitrogens with zero attached hydrogens (tertiary/aromatic N) is 5. The quantitative estimate of drug-likeness (QED) is 0.327. The van der Waals surface area contributed by atoms with Crippen molar-refractivity contribution >= 4 is 29.1 Å². The molecule has 2 aromatic rings. The van der Waals surface area contributed by atoms with Crippen molar-refractivity contribution in [1.29, 1.82) is 0 Å². The topological polar surface area (TPSA) is 120 Å². The number of amidine groups is 1. The Hall–Kier alpha value is -3.36. The number of carbonyl (C=O) groups excluding carboxylic acids is 1. The zero-order chi connectivity index (χ0) is 30.4. The Labute approximate surface area is 245 Å². The van der Waals surface area contributed by atoms with E-state index in [1.54, 1.807) is 35.2 Å². The van der Waals surface area contributed by atoms with Crippen molar-refractivity contribution < 1.29 is 32.6 Å². The molecular weight excluding hydrogens is 573 g/mol. The first-order chi connectivity index (χ1) is 19.8. The summed E-state index contributed by atoms with van der Waals surface area (Å²) >= 11 is 1.31. The Bertz CT molecular complexity index is 1430. The summed E-state index contributed by atoms with van der Waals surface area (Å²) in [6, 6.07) is 0.00705. The number of halogens is 3. The molecule has 0 saturated carbocycles. The minimum absolute atomic E-state index is 0.0122. The van der Waals surface area contributed by atoms with Crippen molar-refractivity contribution in [2.75, 3.05) is 32.8 Å². The van der Waals surface area contributed by atoms with E-state index in [0.29, 0.717) is 40.8 Å². The van der Waals surface area contributed by atoms with E-state index in [9.17, 15) is 19.1 Å². The third kappa shape index (κ3) is 5.66. The molecule has 3 aliphatic rings. The smallest absolute Gasteiger partial charge is 0.338 e. The lowest BCUT2D eigenvalue weighted by atomic mass is 9.92. The molecule has 3 aliphatic heterocycles. The molecule has 2 fully saturated rings. The number of aromatic nitrogens is 2. The molecule has 2 N–H and O–H groups in total. The molecule has 5 rings (SSSR count). The normalized spacial score (nSPS) is 24.4. The van der Waals surface area contributed by atoms with E-state index in [4.69, 9.17) is 9.73 Å². The van der Waals surface area contributed by atoms with Crippen LogP contribution in [0.3, 0.4) is 0 Å². The van der Waals surface area contributed by atoms with Gasteiger partial charge in [0, 0.05) is 54.2 Å². The molecule has 0 aromatic carbocycles. The largest absolute Gasteiger partial charge is 0.481 e. The van der Waals surface area contributed by atoms with Crippen LogP contribution in [0, 0.1) is 18.3 Å². The molecule has 0 bridgehead atoms. The van der Waals surface area contributed by atoms with Gasteiger partial charge in [-0.15, -0.1) is 11.3 Å². The van der Waals surface area contributed by atoms with Crippen LogP contribution >= 0.6 is 11.3 Å². The summed E-state index contributed by atoms with van der Waals surface area (Å²) < 4.78 is 50.5. The first-order valence-electron chi connectivity index (χ1n) is 13.7. The summed E-state index contributed by atoms with van der Waals surface area (Å²) in [5, 5.41) is 15.1. The van der Waals surface area contributed by atoms with Gasteiger partial charge in [-0.2, -0.15) is 4.39 Å². The van der Waals surface area contributed by atoms with Crippen LogP contribution in [0.2, 0.25) is 0 Å². The Balaban J connectivity index is 1.54. The van der Waals surface area contributed by atoms with Gasteiger partial charge in [0.2, 0.25) is 5.95 Å². The standard InChI is InChI=1S/C28H33F3N6O4S/c1-5-41-25(38)20-17(12-37-14-28(30,31)22-18(37)8-10-36(22)13-27(3,4)26(39)40)34-23(24-32-9-11-42-24)35-21(20)16-6-7-19(29)33-15(16)2/h6-7,9,11,18,21-22H,5,8,10,12-14H2,1-4H3,(H,34,35)(H,39,40)/t18-,21+,22+/m0/s1. The maximum atomic E-state index is 15.6. The van der Waals surface area contributed by atoms with Gasteiger partial charge in [0.25, 0.3) is 5.92 Å².